The van der Waals surface area contributed by atoms with Gasteiger partial charge in [0.05, 0.1) is 16.8 Å². The predicted molar refractivity (Wildman–Crippen MR) is 115 cm³/mol. The molecule has 1 heterocycles. The number of fused-ring (bicyclic) bond motifs is 1. The summed E-state index contributed by atoms with van der Waals surface area (Å²) in [5, 5.41) is 21.9. The van der Waals surface area contributed by atoms with Gasteiger partial charge in [-0.3, -0.25) is 4.79 Å². The van der Waals surface area contributed by atoms with Crippen LogP contribution in [0.3, 0.4) is 0 Å². The molecule has 0 aliphatic heterocycles. The zero-order valence-corrected chi connectivity index (χ0v) is 17.0. The fourth-order valence-electron chi connectivity index (χ4n) is 2.58. The number of rotatable bonds is 5. The molecule has 1 aliphatic rings. The van der Waals surface area contributed by atoms with Gasteiger partial charge >= 0.3 is 11.9 Å². The molecule has 156 valence electrons. The van der Waals surface area contributed by atoms with Crippen LogP contribution in [-0.2, 0) is 14.4 Å². The van der Waals surface area contributed by atoms with E-state index in [0.717, 1.165) is 21.8 Å². The number of carboxylic acids is 2. The number of benzene rings is 2. The number of amides is 1. The van der Waals surface area contributed by atoms with Crippen molar-refractivity contribution < 1.29 is 24.6 Å². The smallest absolute Gasteiger partial charge is 0.414 e. The second-order valence-electron chi connectivity index (χ2n) is 6.88. The van der Waals surface area contributed by atoms with Gasteiger partial charge in [-0.25, -0.2) is 14.6 Å². The monoisotopic (exact) mass is 427 g/mol. The minimum atomic E-state index is -1.82. The highest BCUT2D eigenvalue weighted by molar-refractivity contribution is 7.21. The Bertz CT molecular complexity index is 1060. The van der Waals surface area contributed by atoms with Crippen LogP contribution in [0.5, 0.6) is 0 Å². The van der Waals surface area contributed by atoms with Crippen LogP contribution >= 0.6 is 11.3 Å². The fourth-order valence-corrected chi connectivity index (χ4v) is 3.65. The van der Waals surface area contributed by atoms with Gasteiger partial charge in [-0.15, -0.1) is 11.3 Å². The number of thiazole rings is 1. The number of carbonyl (C=O) groups is 3. The molecule has 8 nitrogen and oxygen atoms in total. The molecule has 30 heavy (non-hydrogen) atoms. The summed E-state index contributed by atoms with van der Waals surface area (Å²) in [5.74, 6) is -3.64. The molecule has 1 saturated carbocycles. The molecule has 0 radical (unpaired) electrons. The van der Waals surface area contributed by atoms with Gasteiger partial charge in [0.25, 0.3) is 0 Å². The number of anilines is 1. The van der Waals surface area contributed by atoms with Crippen molar-refractivity contribution in [2.24, 2.45) is 0 Å². The Morgan fingerprint density at radius 2 is 1.73 bits per heavy atom. The Kier molecular flexibility index (Phi) is 6.76. The maximum atomic E-state index is 11.9. The predicted octanol–water partition coefficient (Wildman–Crippen LogP) is 3.12. The lowest BCUT2D eigenvalue weighted by Crippen LogP contribution is -2.29. The Labute approximate surface area is 176 Å². The lowest BCUT2D eigenvalue weighted by molar-refractivity contribution is -0.159. The minimum absolute atomic E-state index is 0.00473. The van der Waals surface area contributed by atoms with E-state index in [1.807, 2.05) is 24.3 Å². The summed E-state index contributed by atoms with van der Waals surface area (Å²) < 4.78 is 1.20. The average Bonchev–Trinajstić information content (AvgIpc) is 3.45. The van der Waals surface area contributed by atoms with Crippen molar-refractivity contribution >= 4 is 45.1 Å². The van der Waals surface area contributed by atoms with E-state index in [-0.39, 0.29) is 5.91 Å². The van der Waals surface area contributed by atoms with Gasteiger partial charge in [0.15, 0.2) is 0 Å². The maximum absolute atomic E-state index is 11.9. The first-order chi connectivity index (χ1) is 14.3. The lowest BCUT2D eigenvalue weighted by atomic mass is 10.2. The van der Waals surface area contributed by atoms with Gasteiger partial charge < -0.3 is 20.8 Å². The third-order valence-electron chi connectivity index (χ3n) is 4.27. The van der Waals surface area contributed by atoms with Crippen molar-refractivity contribution in [3.8, 4) is 10.6 Å². The molecule has 1 aromatic heterocycles. The number of carbonyl (C=O) groups excluding carboxylic acids is 1. The molecule has 0 atom stereocenters. The summed E-state index contributed by atoms with van der Waals surface area (Å²) >= 11 is 1.69. The summed E-state index contributed by atoms with van der Waals surface area (Å²) in [6, 6.07) is 14.7. The summed E-state index contributed by atoms with van der Waals surface area (Å²) in [5.41, 5.74) is 4.17. The highest BCUT2D eigenvalue weighted by atomic mass is 32.1. The molecule has 0 spiro atoms. The second kappa shape index (κ2) is 9.47. The van der Waals surface area contributed by atoms with Crippen molar-refractivity contribution in [1.29, 1.82) is 0 Å². The molecule has 0 bridgehead atoms. The van der Waals surface area contributed by atoms with Gasteiger partial charge in [0, 0.05) is 17.3 Å². The van der Waals surface area contributed by atoms with Crippen molar-refractivity contribution in [2.45, 2.75) is 25.8 Å². The Morgan fingerprint density at radius 1 is 1.07 bits per heavy atom. The first-order valence-electron chi connectivity index (χ1n) is 9.29. The van der Waals surface area contributed by atoms with Crippen molar-refractivity contribution in [2.75, 3.05) is 11.9 Å². The first-order valence-corrected chi connectivity index (χ1v) is 10.1. The normalized spacial score (nSPS) is 12.7. The topological polar surface area (TPSA) is 129 Å². The quantitative estimate of drug-likeness (QED) is 0.461. The Balaban J connectivity index is 0.000000377. The minimum Gasteiger partial charge on any atom is -0.473 e. The molecule has 4 rings (SSSR count). The van der Waals surface area contributed by atoms with Crippen molar-refractivity contribution in [1.82, 2.24) is 10.3 Å². The molecule has 1 amide bonds. The zero-order chi connectivity index (χ0) is 21.7. The van der Waals surface area contributed by atoms with Crippen LogP contribution in [-0.4, -0.2) is 45.6 Å². The molecule has 0 saturated heterocycles. The van der Waals surface area contributed by atoms with E-state index in [0.29, 0.717) is 12.6 Å². The average molecular weight is 427 g/mol. The molecular formula is C21H21N3O5S. The number of aryl methyl sites for hydroxylation is 1. The van der Waals surface area contributed by atoms with E-state index in [1.165, 1.54) is 23.1 Å². The number of aromatic nitrogens is 1. The Morgan fingerprint density at radius 3 is 2.33 bits per heavy atom. The van der Waals surface area contributed by atoms with Crippen molar-refractivity contribution in [3.63, 3.8) is 0 Å². The second-order valence-corrected chi connectivity index (χ2v) is 7.91. The van der Waals surface area contributed by atoms with Gasteiger partial charge in [-0.1, -0.05) is 6.07 Å². The van der Waals surface area contributed by atoms with E-state index in [1.54, 1.807) is 11.3 Å². The van der Waals surface area contributed by atoms with Gasteiger partial charge in [-0.2, -0.15) is 0 Å². The van der Waals surface area contributed by atoms with Crippen LogP contribution in [0.4, 0.5) is 5.69 Å². The largest absolute Gasteiger partial charge is 0.473 e. The lowest BCUT2D eigenvalue weighted by Gasteiger charge is -2.06. The molecular weight excluding hydrogens is 406 g/mol. The third kappa shape index (κ3) is 6.10. The number of nitrogens with zero attached hydrogens (tertiary/aromatic N) is 1. The highest BCUT2D eigenvalue weighted by Gasteiger charge is 2.21. The van der Waals surface area contributed by atoms with E-state index >= 15 is 0 Å². The summed E-state index contributed by atoms with van der Waals surface area (Å²) in [6.07, 6.45) is 2.37. The van der Waals surface area contributed by atoms with Crippen LogP contribution in [0.25, 0.3) is 20.8 Å². The van der Waals surface area contributed by atoms with Crippen LogP contribution in [0, 0.1) is 6.92 Å². The summed E-state index contributed by atoms with van der Waals surface area (Å²) in [7, 11) is 0. The maximum Gasteiger partial charge on any atom is 0.414 e. The third-order valence-corrected chi connectivity index (χ3v) is 5.34. The van der Waals surface area contributed by atoms with Gasteiger partial charge in [0.1, 0.15) is 5.01 Å². The first kappa shape index (κ1) is 21.4. The molecule has 3 aromatic rings. The van der Waals surface area contributed by atoms with Gasteiger partial charge in [0.2, 0.25) is 5.91 Å². The van der Waals surface area contributed by atoms with E-state index in [9.17, 15) is 4.79 Å². The molecule has 4 N–H and O–H groups in total. The fraction of sp³-hybridized carbons (Fsp3) is 0.238. The van der Waals surface area contributed by atoms with Gasteiger partial charge in [-0.05, 0) is 61.7 Å². The molecule has 0 unspecified atom stereocenters. The highest BCUT2D eigenvalue weighted by Crippen LogP contribution is 2.31. The number of aliphatic carboxylic acids is 2. The molecule has 2 aromatic carbocycles. The number of hydrogen-bond donors (Lipinski definition) is 4. The van der Waals surface area contributed by atoms with Crippen LogP contribution in [0.2, 0.25) is 0 Å². The molecule has 9 heteroatoms. The number of hydrogen-bond acceptors (Lipinski definition) is 6. The summed E-state index contributed by atoms with van der Waals surface area (Å²) in [6.45, 7) is 2.47. The van der Waals surface area contributed by atoms with E-state index < -0.39 is 11.9 Å². The number of carboxylic acid groups (broad SMARTS) is 2. The van der Waals surface area contributed by atoms with Crippen molar-refractivity contribution in [3.05, 3.63) is 48.0 Å². The van der Waals surface area contributed by atoms with E-state index in [2.05, 4.69) is 35.8 Å². The van der Waals surface area contributed by atoms with Crippen LogP contribution in [0.1, 0.15) is 18.4 Å². The van der Waals surface area contributed by atoms with Crippen LogP contribution in [0.15, 0.2) is 42.5 Å². The SMILES string of the molecule is Cc1ccc2nc(-c3ccc(NC(=O)CNC4CC4)cc3)sc2c1.O=C(O)C(=O)O. The Hall–Kier alpha value is -3.30. The summed E-state index contributed by atoms with van der Waals surface area (Å²) in [4.78, 5) is 34.8. The van der Waals surface area contributed by atoms with E-state index in [4.69, 9.17) is 24.8 Å². The standard InChI is InChI=1S/C19H19N3OS.C2H2O4/c1-12-2-9-16-17(10-12)24-19(22-16)13-3-5-15(6-4-13)21-18(23)11-20-14-7-8-14;3-1(4)2(5)6/h2-6,9-10,14,20H,7-8,11H2,1H3,(H,21,23);(H,3,4)(H,5,6). The molecule has 1 aliphatic carbocycles. The molecule has 1 fully saturated rings. The van der Waals surface area contributed by atoms with Crippen LogP contribution < -0.4 is 10.6 Å². The number of nitrogens with one attached hydrogen (secondary N) is 2. The zero-order valence-electron chi connectivity index (χ0n) is 16.2.